The lowest BCUT2D eigenvalue weighted by molar-refractivity contribution is -0.386. The highest BCUT2D eigenvalue weighted by Crippen LogP contribution is 2.38. The van der Waals surface area contributed by atoms with E-state index >= 15 is 0 Å². The topological polar surface area (TPSA) is 89.4 Å². The molecule has 0 aliphatic carbocycles. The second-order valence-electron chi connectivity index (χ2n) is 3.88. The summed E-state index contributed by atoms with van der Waals surface area (Å²) >= 11 is 2.98. The minimum Gasteiger partial charge on any atom is -0.502 e. The molecule has 0 saturated carbocycles. The van der Waals surface area contributed by atoms with E-state index in [0.717, 1.165) is 6.07 Å². The van der Waals surface area contributed by atoms with E-state index < -0.39 is 41.4 Å². The SMILES string of the molecule is N[C@@H](CCC(F)(F)F)c1cc(Br)cc([N+](=O)[O-])c1O. The Morgan fingerprint density at radius 2 is 2.05 bits per heavy atom. The van der Waals surface area contributed by atoms with Crippen LogP contribution >= 0.6 is 15.9 Å². The molecule has 0 amide bonds. The van der Waals surface area contributed by atoms with E-state index in [2.05, 4.69) is 15.9 Å². The zero-order valence-corrected chi connectivity index (χ0v) is 11.0. The molecule has 0 aliphatic rings. The van der Waals surface area contributed by atoms with Gasteiger partial charge in [0.2, 0.25) is 0 Å². The van der Waals surface area contributed by atoms with E-state index in [1.165, 1.54) is 6.07 Å². The van der Waals surface area contributed by atoms with Crippen molar-refractivity contribution in [3.05, 3.63) is 32.3 Å². The fraction of sp³-hybridized carbons (Fsp3) is 0.400. The van der Waals surface area contributed by atoms with Gasteiger partial charge in [0.1, 0.15) is 0 Å². The summed E-state index contributed by atoms with van der Waals surface area (Å²) in [6, 6.07) is 1.18. The maximum absolute atomic E-state index is 12.1. The molecule has 0 heterocycles. The van der Waals surface area contributed by atoms with Gasteiger partial charge in [-0.15, -0.1) is 0 Å². The average Bonchev–Trinajstić information content (AvgIpc) is 2.27. The van der Waals surface area contributed by atoms with Crippen molar-refractivity contribution in [3.8, 4) is 5.75 Å². The first-order valence-corrected chi connectivity index (χ1v) is 5.90. The van der Waals surface area contributed by atoms with E-state index in [9.17, 15) is 28.4 Å². The molecule has 0 bridgehead atoms. The minimum atomic E-state index is -4.37. The van der Waals surface area contributed by atoms with Gasteiger partial charge in [-0.05, 0) is 12.5 Å². The molecule has 0 aromatic heterocycles. The Morgan fingerprint density at radius 3 is 2.53 bits per heavy atom. The second kappa shape index (κ2) is 5.74. The number of nitrogens with two attached hydrogens (primary N) is 1. The number of nitro groups is 1. The smallest absolute Gasteiger partial charge is 0.389 e. The number of hydrogen-bond acceptors (Lipinski definition) is 4. The zero-order chi connectivity index (χ0) is 14.8. The van der Waals surface area contributed by atoms with Gasteiger partial charge in [0.15, 0.2) is 5.75 Å². The molecule has 0 saturated heterocycles. The highest BCUT2D eigenvalue weighted by Gasteiger charge is 2.29. The number of benzene rings is 1. The second-order valence-corrected chi connectivity index (χ2v) is 4.80. The molecular formula is C10H10BrF3N2O3. The minimum absolute atomic E-state index is 0.0923. The largest absolute Gasteiger partial charge is 0.502 e. The third-order valence-corrected chi connectivity index (χ3v) is 2.88. The van der Waals surface area contributed by atoms with Crippen LogP contribution in [-0.4, -0.2) is 16.2 Å². The molecule has 0 unspecified atom stereocenters. The number of phenols is 1. The average molecular weight is 343 g/mol. The Hall–Kier alpha value is -1.35. The number of aromatic hydroxyl groups is 1. The number of nitro benzene ring substituents is 1. The fourth-order valence-corrected chi connectivity index (χ4v) is 1.97. The van der Waals surface area contributed by atoms with Crippen LogP contribution in [0.4, 0.5) is 18.9 Å². The van der Waals surface area contributed by atoms with Crippen molar-refractivity contribution in [1.82, 2.24) is 0 Å². The van der Waals surface area contributed by atoms with E-state index in [-0.39, 0.29) is 10.0 Å². The summed E-state index contributed by atoms with van der Waals surface area (Å²) in [4.78, 5) is 9.84. The lowest BCUT2D eigenvalue weighted by Crippen LogP contribution is -2.16. The van der Waals surface area contributed by atoms with Gasteiger partial charge in [0.05, 0.1) is 4.92 Å². The first-order chi connectivity index (χ1) is 8.61. The summed E-state index contributed by atoms with van der Waals surface area (Å²) in [6.07, 6.45) is -5.97. The maximum Gasteiger partial charge on any atom is 0.389 e. The number of hydrogen-bond donors (Lipinski definition) is 2. The summed E-state index contributed by atoms with van der Waals surface area (Å²) in [7, 11) is 0. The number of alkyl halides is 3. The molecule has 1 rings (SSSR count). The van der Waals surface area contributed by atoms with E-state index in [0.29, 0.717) is 0 Å². The number of nitrogens with zero attached hydrogens (tertiary/aromatic N) is 1. The van der Waals surface area contributed by atoms with Gasteiger partial charge in [-0.25, -0.2) is 0 Å². The van der Waals surface area contributed by atoms with Gasteiger partial charge >= 0.3 is 11.9 Å². The summed E-state index contributed by atoms with van der Waals surface area (Å²) in [6.45, 7) is 0. The lowest BCUT2D eigenvalue weighted by Gasteiger charge is -2.15. The third kappa shape index (κ3) is 4.35. The summed E-state index contributed by atoms with van der Waals surface area (Å²) in [5.74, 6) is -0.706. The standard InChI is InChI=1S/C10H10BrF3N2O3/c11-5-3-6(7(15)1-2-10(12,13)14)9(17)8(4-5)16(18)19/h3-4,7,17H,1-2,15H2/t7-/m0/s1. The quantitative estimate of drug-likeness (QED) is 0.648. The molecule has 0 fully saturated rings. The maximum atomic E-state index is 12.1. The predicted molar refractivity (Wildman–Crippen MR) is 64.7 cm³/mol. The molecular weight excluding hydrogens is 333 g/mol. The Labute approximate surface area is 114 Å². The van der Waals surface area contributed by atoms with Crippen LogP contribution in [0.25, 0.3) is 0 Å². The van der Waals surface area contributed by atoms with Crippen LogP contribution in [0.2, 0.25) is 0 Å². The number of halogens is 4. The highest BCUT2D eigenvalue weighted by molar-refractivity contribution is 9.10. The van der Waals surface area contributed by atoms with Crippen LogP contribution in [0.5, 0.6) is 5.75 Å². The van der Waals surface area contributed by atoms with Crippen LogP contribution in [0.15, 0.2) is 16.6 Å². The molecule has 19 heavy (non-hydrogen) atoms. The van der Waals surface area contributed by atoms with Crippen molar-refractivity contribution >= 4 is 21.6 Å². The first kappa shape index (κ1) is 15.7. The van der Waals surface area contributed by atoms with Crippen molar-refractivity contribution in [2.75, 3.05) is 0 Å². The monoisotopic (exact) mass is 342 g/mol. The van der Waals surface area contributed by atoms with E-state index in [1.54, 1.807) is 0 Å². The Balaban J connectivity index is 3.03. The summed E-state index contributed by atoms with van der Waals surface area (Å²) in [5, 5.41) is 20.3. The van der Waals surface area contributed by atoms with Gasteiger partial charge in [-0.3, -0.25) is 10.1 Å². The van der Waals surface area contributed by atoms with Crippen LogP contribution in [0.3, 0.4) is 0 Å². The Kier molecular flexibility index (Phi) is 4.75. The predicted octanol–water partition coefficient (Wildman–Crippen LogP) is 3.41. The van der Waals surface area contributed by atoms with Gasteiger partial charge in [0, 0.05) is 28.6 Å². The van der Waals surface area contributed by atoms with Gasteiger partial charge in [-0.2, -0.15) is 13.2 Å². The fourth-order valence-electron chi connectivity index (χ4n) is 1.50. The van der Waals surface area contributed by atoms with Crippen molar-refractivity contribution in [3.63, 3.8) is 0 Å². The summed E-state index contributed by atoms with van der Waals surface area (Å²) in [5.41, 5.74) is 4.84. The Bertz CT molecular complexity index is 494. The molecule has 5 nitrogen and oxygen atoms in total. The lowest BCUT2D eigenvalue weighted by atomic mass is 10.0. The first-order valence-electron chi connectivity index (χ1n) is 5.11. The highest BCUT2D eigenvalue weighted by atomic mass is 79.9. The van der Waals surface area contributed by atoms with Gasteiger partial charge < -0.3 is 10.8 Å². The molecule has 3 N–H and O–H groups in total. The number of rotatable bonds is 4. The Morgan fingerprint density at radius 1 is 1.47 bits per heavy atom. The number of phenolic OH excluding ortho intramolecular Hbond substituents is 1. The van der Waals surface area contributed by atoms with E-state index in [4.69, 9.17) is 5.73 Å². The summed E-state index contributed by atoms with van der Waals surface area (Å²) < 4.78 is 36.5. The van der Waals surface area contributed by atoms with Crippen LogP contribution < -0.4 is 5.73 Å². The molecule has 1 aromatic carbocycles. The van der Waals surface area contributed by atoms with Crippen molar-refractivity contribution in [2.45, 2.75) is 25.1 Å². The normalized spacial score (nSPS) is 13.3. The molecule has 0 spiro atoms. The zero-order valence-electron chi connectivity index (χ0n) is 9.45. The van der Waals surface area contributed by atoms with Crippen molar-refractivity contribution < 1.29 is 23.2 Å². The van der Waals surface area contributed by atoms with E-state index in [1.807, 2.05) is 0 Å². The van der Waals surface area contributed by atoms with Crippen LogP contribution in [-0.2, 0) is 0 Å². The molecule has 1 atom stereocenters. The van der Waals surface area contributed by atoms with Gasteiger partial charge in [-0.1, -0.05) is 15.9 Å². The molecule has 106 valence electrons. The van der Waals surface area contributed by atoms with Crippen LogP contribution in [0.1, 0.15) is 24.4 Å². The van der Waals surface area contributed by atoms with Crippen molar-refractivity contribution in [1.29, 1.82) is 0 Å². The van der Waals surface area contributed by atoms with Crippen LogP contribution in [0, 0.1) is 10.1 Å². The molecule has 1 aromatic rings. The molecule has 9 heteroatoms. The molecule has 0 radical (unpaired) electrons. The third-order valence-electron chi connectivity index (χ3n) is 2.42. The van der Waals surface area contributed by atoms with Gasteiger partial charge in [0.25, 0.3) is 0 Å². The molecule has 0 aliphatic heterocycles. The van der Waals surface area contributed by atoms with Crippen molar-refractivity contribution in [2.24, 2.45) is 5.73 Å².